The van der Waals surface area contributed by atoms with Gasteiger partial charge in [0.15, 0.2) is 17.7 Å². The number of furan rings is 1. The summed E-state index contributed by atoms with van der Waals surface area (Å²) in [6.45, 7) is 1.24. The van der Waals surface area contributed by atoms with Gasteiger partial charge in [0.05, 0.1) is 19.3 Å². The molecule has 102 valence electrons. The van der Waals surface area contributed by atoms with Crippen molar-refractivity contribution in [3.63, 3.8) is 0 Å². The molecule has 1 unspecified atom stereocenters. The lowest BCUT2D eigenvalue weighted by molar-refractivity contribution is -0.0537. The smallest absolute Gasteiger partial charge is 0.169 e. The van der Waals surface area contributed by atoms with Gasteiger partial charge in [-0.1, -0.05) is 12.1 Å². The first-order valence-electron chi connectivity index (χ1n) is 6.36. The van der Waals surface area contributed by atoms with Gasteiger partial charge < -0.3 is 19.2 Å². The maximum atomic E-state index is 13.6. The Morgan fingerprint density at radius 1 is 1.37 bits per heavy atom. The van der Waals surface area contributed by atoms with Gasteiger partial charge in [-0.15, -0.1) is 0 Å². The molecule has 0 spiro atoms. The summed E-state index contributed by atoms with van der Waals surface area (Å²) in [5, 5.41) is 3.92. The largest absolute Gasteiger partial charge is 0.456 e. The monoisotopic (exact) mass is 265 g/mol. The van der Waals surface area contributed by atoms with Crippen LogP contribution in [0.4, 0.5) is 4.39 Å². The number of fused-ring (bicyclic) bond motifs is 1. The third-order valence-electron chi connectivity index (χ3n) is 3.33. The lowest BCUT2D eigenvalue weighted by Gasteiger charge is -2.17. The molecule has 1 aliphatic heterocycles. The summed E-state index contributed by atoms with van der Waals surface area (Å²) in [5.74, 6) is 0.355. The van der Waals surface area contributed by atoms with Crippen molar-refractivity contribution in [1.82, 2.24) is 5.32 Å². The fourth-order valence-corrected chi connectivity index (χ4v) is 2.33. The van der Waals surface area contributed by atoms with E-state index in [0.29, 0.717) is 31.0 Å². The summed E-state index contributed by atoms with van der Waals surface area (Å²) in [6.07, 6.45) is 0.410. The summed E-state index contributed by atoms with van der Waals surface area (Å²) in [4.78, 5) is 0. The van der Waals surface area contributed by atoms with Crippen molar-refractivity contribution in [2.45, 2.75) is 18.8 Å². The third-order valence-corrected chi connectivity index (χ3v) is 3.33. The molecular formula is C14H16FNO3. The molecule has 1 atom stereocenters. The first-order chi connectivity index (χ1) is 9.28. The molecule has 2 heterocycles. The van der Waals surface area contributed by atoms with E-state index in [1.807, 2.05) is 19.2 Å². The molecule has 4 nitrogen and oxygen atoms in total. The van der Waals surface area contributed by atoms with Crippen LogP contribution in [0.5, 0.6) is 0 Å². The van der Waals surface area contributed by atoms with Gasteiger partial charge in [0.1, 0.15) is 5.76 Å². The molecule has 0 amide bonds. The van der Waals surface area contributed by atoms with Gasteiger partial charge in [0.25, 0.3) is 0 Å². The van der Waals surface area contributed by atoms with E-state index in [2.05, 4.69) is 5.32 Å². The van der Waals surface area contributed by atoms with E-state index in [0.717, 1.165) is 5.39 Å². The highest BCUT2D eigenvalue weighted by atomic mass is 19.1. The van der Waals surface area contributed by atoms with Gasteiger partial charge in [0.2, 0.25) is 0 Å². The van der Waals surface area contributed by atoms with Crippen molar-refractivity contribution in [1.29, 1.82) is 0 Å². The molecular weight excluding hydrogens is 249 g/mol. The number of para-hydroxylation sites is 1. The molecule has 1 fully saturated rings. The van der Waals surface area contributed by atoms with E-state index in [1.165, 1.54) is 6.07 Å². The van der Waals surface area contributed by atoms with E-state index in [4.69, 9.17) is 13.9 Å². The summed E-state index contributed by atoms with van der Waals surface area (Å²) in [7, 11) is 1.84. The zero-order valence-electron chi connectivity index (χ0n) is 10.7. The van der Waals surface area contributed by atoms with Crippen LogP contribution in [0.15, 0.2) is 28.7 Å². The molecule has 0 aliphatic carbocycles. The van der Waals surface area contributed by atoms with Crippen molar-refractivity contribution in [2.75, 3.05) is 20.3 Å². The number of hydrogen-bond acceptors (Lipinski definition) is 4. The summed E-state index contributed by atoms with van der Waals surface area (Å²) < 4.78 is 30.1. The fraction of sp³-hybridized carbons (Fsp3) is 0.429. The second-order valence-corrected chi connectivity index (χ2v) is 4.56. The second-order valence-electron chi connectivity index (χ2n) is 4.56. The first kappa shape index (κ1) is 12.6. The molecule has 1 N–H and O–H groups in total. The molecule has 1 aliphatic rings. The molecule has 0 saturated carbocycles. The Labute approximate surface area is 110 Å². The average molecular weight is 265 g/mol. The van der Waals surface area contributed by atoms with Crippen LogP contribution in [0, 0.1) is 5.82 Å². The van der Waals surface area contributed by atoms with Gasteiger partial charge >= 0.3 is 0 Å². The van der Waals surface area contributed by atoms with E-state index < -0.39 is 0 Å². The molecule has 0 radical (unpaired) electrons. The zero-order chi connectivity index (χ0) is 13.2. The maximum Gasteiger partial charge on any atom is 0.169 e. The predicted octanol–water partition coefficient (Wildman–Crippen LogP) is 2.60. The topological polar surface area (TPSA) is 43.6 Å². The van der Waals surface area contributed by atoms with Gasteiger partial charge in [0, 0.05) is 11.8 Å². The molecule has 1 saturated heterocycles. The van der Waals surface area contributed by atoms with E-state index in [1.54, 1.807) is 6.07 Å². The van der Waals surface area contributed by atoms with Crippen LogP contribution in [0.25, 0.3) is 11.0 Å². The Balaban J connectivity index is 1.86. The summed E-state index contributed by atoms with van der Waals surface area (Å²) >= 11 is 0. The van der Waals surface area contributed by atoms with Crippen molar-refractivity contribution in [3.05, 3.63) is 35.8 Å². The highest BCUT2D eigenvalue weighted by Gasteiger charge is 2.24. The van der Waals surface area contributed by atoms with Crippen LogP contribution < -0.4 is 5.32 Å². The highest BCUT2D eigenvalue weighted by Crippen LogP contribution is 2.29. The SMILES string of the molecule is CNC(CC1OCCO1)c1cc2cccc(F)c2o1. The van der Waals surface area contributed by atoms with Crippen molar-refractivity contribution >= 4 is 11.0 Å². The van der Waals surface area contributed by atoms with Gasteiger partial charge in [-0.3, -0.25) is 0 Å². The second kappa shape index (κ2) is 5.28. The minimum Gasteiger partial charge on any atom is -0.456 e. The van der Waals surface area contributed by atoms with Crippen LogP contribution in [-0.4, -0.2) is 26.6 Å². The van der Waals surface area contributed by atoms with Gasteiger partial charge in [-0.2, -0.15) is 0 Å². The molecule has 19 heavy (non-hydrogen) atoms. The Morgan fingerprint density at radius 2 is 2.16 bits per heavy atom. The lowest BCUT2D eigenvalue weighted by atomic mass is 10.1. The molecule has 1 aromatic carbocycles. The fourth-order valence-electron chi connectivity index (χ4n) is 2.33. The summed E-state index contributed by atoms with van der Waals surface area (Å²) in [6, 6.07) is 6.70. The standard InChI is InChI=1S/C14H16FNO3/c1-16-11(8-13-17-5-6-18-13)12-7-9-3-2-4-10(15)14(9)19-12/h2-4,7,11,13,16H,5-6,8H2,1H3. The molecule has 1 aromatic heterocycles. The number of benzene rings is 1. The maximum absolute atomic E-state index is 13.6. The van der Waals surface area contributed by atoms with Crippen molar-refractivity contribution in [2.24, 2.45) is 0 Å². The van der Waals surface area contributed by atoms with Crippen molar-refractivity contribution < 1.29 is 18.3 Å². The molecule has 5 heteroatoms. The minimum absolute atomic E-state index is 0.0603. The number of hydrogen-bond donors (Lipinski definition) is 1. The lowest BCUT2D eigenvalue weighted by Crippen LogP contribution is -2.22. The van der Waals surface area contributed by atoms with Gasteiger partial charge in [-0.05, 0) is 19.2 Å². The number of ether oxygens (including phenoxy) is 2. The minimum atomic E-state index is -0.341. The normalized spacial score (nSPS) is 18.2. The highest BCUT2D eigenvalue weighted by molar-refractivity contribution is 5.78. The van der Waals surface area contributed by atoms with E-state index >= 15 is 0 Å². The Kier molecular flexibility index (Phi) is 3.50. The molecule has 0 bridgehead atoms. The Morgan fingerprint density at radius 3 is 2.84 bits per heavy atom. The molecule has 2 aromatic rings. The number of rotatable bonds is 4. The van der Waals surface area contributed by atoms with Crippen LogP contribution >= 0.6 is 0 Å². The number of halogens is 1. The van der Waals surface area contributed by atoms with Crippen LogP contribution in [0.1, 0.15) is 18.2 Å². The van der Waals surface area contributed by atoms with E-state index in [9.17, 15) is 4.39 Å². The zero-order valence-corrected chi connectivity index (χ0v) is 10.7. The predicted molar refractivity (Wildman–Crippen MR) is 68.3 cm³/mol. The molecule has 3 rings (SSSR count). The van der Waals surface area contributed by atoms with E-state index in [-0.39, 0.29) is 18.1 Å². The van der Waals surface area contributed by atoms with Crippen molar-refractivity contribution in [3.8, 4) is 0 Å². The Bertz CT molecular complexity index is 563. The third kappa shape index (κ3) is 2.49. The first-order valence-corrected chi connectivity index (χ1v) is 6.36. The summed E-state index contributed by atoms with van der Waals surface area (Å²) in [5.41, 5.74) is 0.297. The van der Waals surface area contributed by atoms with Crippen LogP contribution in [0.3, 0.4) is 0 Å². The van der Waals surface area contributed by atoms with Crippen LogP contribution in [-0.2, 0) is 9.47 Å². The van der Waals surface area contributed by atoms with Gasteiger partial charge in [-0.25, -0.2) is 4.39 Å². The average Bonchev–Trinajstić information content (AvgIpc) is 3.05. The number of nitrogens with one attached hydrogen (secondary N) is 1. The van der Waals surface area contributed by atoms with Crippen LogP contribution in [0.2, 0.25) is 0 Å². The quantitative estimate of drug-likeness (QED) is 0.922. The Hall–Kier alpha value is -1.43.